The van der Waals surface area contributed by atoms with Crippen molar-refractivity contribution in [3.05, 3.63) is 35.6 Å². The summed E-state index contributed by atoms with van der Waals surface area (Å²) >= 11 is 0. The summed E-state index contributed by atoms with van der Waals surface area (Å²) in [4.78, 5) is 23.8. The molecule has 4 rings (SSSR count). The summed E-state index contributed by atoms with van der Waals surface area (Å²) < 4.78 is 21.8. The van der Waals surface area contributed by atoms with E-state index in [0.717, 1.165) is 0 Å². The fourth-order valence-corrected chi connectivity index (χ4v) is 3.74. The van der Waals surface area contributed by atoms with E-state index in [0.29, 0.717) is 11.1 Å². The number of methoxy groups -OCH3 is 1. The van der Waals surface area contributed by atoms with E-state index in [2.05, 4.69) is 0 Å². The molecule has 0 aromatic rings. The summed E-state index contributed by atoms with van der Waals surface area (Å²) in [5.74, 6) is -1.31. The van der Waals surface area contributed by atoms with Crippen molar-refractivity contribution in [3.63, 3.8) is 0 Å². The second-order valence-corrected chi connectivity index (χ2v) is 5.48. The lowest BCUT2D eigenvalue weighted by atomic mass is 9.78. The number of allylic oxidation sites excluding steroid dienone is 2. The number of rotatable bonds is 1. The standard InChI is InChI=1S/C15H14O6/c1-3-7-11-15(21-13(7)17)5-4-8-9(12(16)18-2)6-19-14(20-11)10(8)15/h3-6,8,10-11,14H,1-2H3/b7-3+. The summed E-state index contributed by atoms with van der Waals surface area (Å²) in [7, 11) is 1.32. The SMILES string of the molecule is C/C=C1/C(=O)OC23C=CC4C(C(=O)OC)=COC(OC12)C43. The molecule has 0 radical (unpaired) electrons. The molecular weight excluding hydrogens is 276 g/mol. The monoisotopic (exact) mass is 290 g/mol. The van der Waals surface area contributed by atoms with Crippen LogP contribution in [0.4, 0.5) is 0 Å². The molecule has 21 heavy (non-hydrogen) atoms. The molecule has 0 aromatic heterocycles. The van der Waals surface area contributed by atoms with E-state index in [9.17, 15) is 9.59 Å². The van der Waals surface area contributed by atoms with Crippen LogP contribution in [0.25, 0.3) is 0 Å². The van der Waals surface area contributed by atoms with E-state index >= 15 is 0 Å². The lowest BCUT2D eigenvalue weighted by molar-refractivity contribution is -0.152. The Hall–Kier alpha value is -2.08. The highest BCUT2D eigenvalue weighted by Crippen LogP contribution is 2.57. The number of ether oxygens (including phenoxy) is 4. The van der Waals surface area contributed by atoms with Crippen LogP contribution in [-0.2, 0) is 28.5 Å². The molecule has 2 saturated heterocycles. The van der Waals surface area contributed by atoms with Crippen LogP contribution in [0.2, 0.25) is 0 Å². The first-order valence-electron chi connectivity index (χ1n) is 6.80. The van der Waals surface area contributed by atoms with Crippen LogP contribution in [-0.4, -0.2) is 37.0 Å². The van der Waals surface area contributed by atoms with Gasteiger partial charge in [0.05, 0.1) is 30.4 Å². The smallest absolute Gasteiger partial charge is 0.337 e. The van der Waals surface area contributed by atoms with Gasteiger partial charge in [-0.2, -0.15) is 0 Å². The van der Waals surface area contributed by atoms with Gasteiger partial charge in [-0.3, -0.25) is 0 Å². The zero-order valence-corrected chi connectivity index (χ0v) is 11.6. The molecule has 3 heterocycles. The van der Waals surface area contributed by atoms with Crippen LogP contribution in [0.15, 0.2) is 35.6 Å². The van der Waals surface area contributed by atoms with Crippen molar-refractivity contribution in [2.45, 2.75) is 24.9 Å². The molecule has 4 aliphatic rings. The first-order chi connectivity index (χ1) is 10.1. The van der Waals surface area contributed by atoms with Gasteiger partial charge in [0, 0.05) is 5.92 Å². The van der Waals surface area contributed by atoms with Gasteiger partial charge in [-0.05, 0) is 13.0 Å². The van der Waals surface area contributed by atoms with E-state index in [1.165, 1.54) is 13.4 Å². The van der Waals surface area contributed by atoms with Crippen LogP contribution in [0, 0.1) is 11.8 Å². The number of hydrogen-bond donors (Lipinski definition) is 0. The van der Waals surface area contributed by atoms with Crippen LogP contribution in [0.3, 0.4) is 0 Å². The first-order valence-corrected chi connectivity index (χ1v) is 6.80. The van der Waals surface area contributed by atoms with Crippen LogP contribution in [0.1, 0.15) is 6.92 Å². The molecule has 1 spiro atoms. The summed E-state index contributed by atoms with van der Waals surface area (Å²) in [5.41, 5.74) is 0.0425. The minimum absolute atomic E-state index is 0.231. The molecular formula is C15H14O6. The molecule has 0 aromatic carbocycles. The summed E-state index contributed by atoms with van der Waals surface area (Å²) in [6.07, 6.45) is 5.77. The summed E-state index contributed by atoms with van der Waals surface area (Å²) in [6, 6.07) is 0. The largest absolute Gasteiger partial charge is 0.471 e. The predicted octanol–water partition coefficient (Wildman–Crippen LogP) is 0.842. The molecule has 5 unspecified atom stereocenters. The van der Waals surface area contributed by atoms with Crippen molar-refractivity contribution in [2.75, 3.05) is 7.11 Å². The van der Waals surface area contributed by atoms with Crippen LogP contribution >= 0.6 is 0 Å². The van der Waals surface area contributed by atoms with Crippen molar-refractivity contribution in [1.82, 2.24) is 0 Å². The second-order valence-electron chi connectivity index (χ2n) is 5.48. The van der Waals surface area contributed by atoms with E-state index in [-0.39, 0.29) is 17.8 Å². The van der Waals surface area contributed by atoms with Gasteiger partial charge in [0.25, 0.3) is 0 Å². The highest BCUT2D eigenvalue weighted by atomic mass is 16.7. The van der Waals surface area contributed by atoms with Crippen molar-refractivity contribution >= 4 is 11.9 Å². The normalized spacial score (nSPS) is 44.0. The van der Waals surface area contributed by atoms with Gasteiger partial charge in [0.1, 0.15) is 6.10 Å². The van der Waals surface area contributed by atoms with Gasteiger partial charge in [-0.25, -0.2) is 9.59 Å². The molecule has 0 saturated carbocycles. The molecule has 6 nitrogen and oxygen atoms in total. The summed E-state index contributed by atoms with van der Waals surface area (Å²) in [6.45, 7) is 1.77. The highest BCUT2D eigenvalue weighted by molar-refractivity contribution is 5.94. The minimum Gasteiger partial charge on any atom is -0.471 e. The van der Waals surface area contributed by atoms with E-state index in [1.54, 1.807) is 13.0 Å². The molecule has 0 amide bonds. The van der Waals surface area contributed by atoms with E-state index in [4.69, 9.17) is 18.9 Å². The van der Waals surface area contributed by atoms with Crippen LogP contribution in [0.5, 0.6) is 0 Å². The Bertz CT molecular complexity index is 630. The molecule has 5 atom stereocenters. The first kappa shape index (κ1) is 12.6. The fourth-order valence-electron chi connectivity index (χ4n) is 3.74. The third-order valence-electron chi connectivity index (χ3n) is 4.65. The Morgan fingerprint density at radius 1 is 1.48 bits per heavy atom. The Labute approximate surface area is 121 Å². The van der Waals surface area contributed by atoms with Crippen molar-refractivity contribution in [3.8, 4) is 0 Å². The van der Waals surface area contributed by atoms with Gasteiger partial charge in [-0.15, -0.1) is 0 Å². The Morgan fingerprint density at radius 2 is 2.29 bits per heavy atom. The fraction of sp³-hybridized carbons (Fsp3) is 0.467. The summed E-state index contributed by atoms with van der Waals surface area (Å²) in [5, 5.41) is 0. The molecule has 3 aliphatic heterocycles. The zero-order valence-electron chi connectivity index (χ0n) is 11.6. The quantitative estimate of drug-likeness (QED) is 0.405. The third-order valence-corrected chi connectivity index (χ3v) is 4.65. The van der Waals surface area contributed by atoms with Crippen LogP contribution < -0.4 is 0 Å². The van der Waals surface area contributed by atoms with Crippen molar-refractivity contribution < 1.29 is 28.5 Å². The maximum absolute atomic E-state index is 12.0. The van der Waals surface area contributed by atoms with E-state index < -0.39 is 24.0 Å². The molecule has 110 valence electrons. The predicted molar refractivity (Wildman–Crippen MR) is 68.5 cm³/mol. The third kappa shape index (κ3) is 1.35. The average Bonchev–Trinajstić information content (AvgIpc) is 3.08. The van der Waals surface area contributed by atoms with Gasteiger partial charge in [0.2, 0.25) is 6.29 Å². The Kier molecular flexibility index (Phi) is 2.39. The second kappa shape index (κ2) is 3.98. The maximum atomic E-state index is 12.0. The van der Waals surface area contributed by atoms with Gasteiger partial charge >= 0.3 is 11.9 Å². The number of esters is 2. The molecule has 2 fully saturated rings. The molecule has 6 heteroatoms. The average molecular weight is 290 g/mol. The molecule has 1 aliphatic carbocycles. The molecule has 0 bridgehead atoms. The highest BCUT2D eigenvalue weighted by Gasteiger charge is 2.70. The lowest BCUT2D eigenvalue weighted by Gasteiger charge is -2.32. The maximum Gasteiger partial charge on any atom is 0.337 e. The minimum atomic E-state index is -0.873. The van der Waals surface area contributed by atoms with E-state index in [1.807, 2.05) is 12.2 Å². The number of carbonyl (C=O) groups excluding carboxylic acids is 2. The number of hydrogen-bond acceptors (Lipinski definition) is 6. The van der Waals surface area contributed by atoms with Gasteiger partial charge < -0.3 is 18.9 Å². The van der Waals surface area contributed by atoms with Crippen molar-refractivity contribution in [1.29, 1.82) is 0 Å². The Morgan fingerprint density at radius 3 is 3.00 bits per heavy atom. The molecule has 0 N–H and O–H groups in total. The Balaban J connectivity index is 1.78. The zero-order chi connectivity index (χ0) is 14.8. The van der Waals surface area contributed by atoms with Crippen molar-refractivity contribution in [2.24, 2.45) is 11.8 Å². The topological polar surface area (TPSA) is 71.1 Å². The van der Waals surface area contributed by atoms with Gasteiger partial charge in [-0.1, -0.05) is 12.2 Å². The van der Waals surface area contributed by atoms with Gasteiger partial charge in [0.15, 0.2) is 5.60 Å². The lowest BCUT2D eigenvalue weighted by Crippen LogP contribution is -2.43. The number of carbonyl (C=O) groups is 2.